The number of nitrogens with one attached hydrogen (secondary N) is 1. The predicted octanol–water partition coefficient (Wildman–Crippen LogP) is 2.30. The van der Waals surface area contributed by atoms with E-state index in [-0.39, 0.29) is 5.91 Å². The third kappa shape index (κ3) is 3.83. The van der Waals surface area contributed by atoms with Gasteiger partial charge in [-0.1, -0.05) is 13.8 Å². The van der Waals surface area contributed by atoms with E-state index in [1.54, 1.807) is 11.3 Å². The number of nitrogens with zero attached hydrogens (tertiary/aromatic N) is 2. The molecule has 116 valence electrons. The Morgan fingerprint density at radius 1 is 1.48 bits per heavy atom. The molecule has 0 aliphatic carbocycles. The maximum absolute atomic E-state index is 11.9. The van der Waals surface area contributed by atoms with Crippen molar-refractivity contribution in [3.05, 3.63) is 23.0 Å². The van der Waals surface area contributed by atoms with E-state index in [4.69, 9.17) is 0 Å². The van der Waals surface area contributed by atoms with Gasteiger partial charge in [0.1, 0.15) is 0 Å². The summed E-state index contributed by atoms with van der Waals surface area (Å²) in [5.74, 6) is -0.0217. The number of amides is 1. The molecular formula is C15H23N3O2S. The fourth-order valence-corrected chi connectivity index (χ4v) is 3.17. The molecule has 0 fully saturated rings. The van der Waals surface area contributed by atoms with Gasteiger partial charge in [-0.3, -0.25) is 9.20 Å². The van der Waals surface area contributed by atoms with E-state index < -0.39 is 5.60 Å². The summed E-state index contributed by atoms with van der Waals surface area (Å²) in [6.07, 6.45) is 4.38. The van der Waals surface area contributed by atoms with Crippen LogP contribution in [0, 0.1) is 6.92 Å². The summed E-state index contributed by atoms with van der Waals surface area (Å²) >= 11 is 1.59. The molecule has 0 saturated heterocycles. The van der Waals surface area contributed by atoms with Crippen molar-refractivity contribution in [1.82, 2.24) is 14.7 Å². The molecule has 0 aliphatic heterocycles. The minimum absolute atomic E-state index is 0.0217. The first-order valence-corrected chi connectivity index (χ1v) is 8.26. The van der Waals surface area contributed by atoms with Crippen LogP contribution in [0.2, 0.25) is 0 Å². The Labute approximate surface area is 129 Å². The van der Waals surface area contributed by atoms with E-state index in [2.05, 4.69) is 10.3 Å². The maximum Gasteiger partial charge on any atom is 0.220 e. The average Bonchev–Trinajstić information content (AvgIpc) is 3.02. The van der Waals surface area contributed by atoms with Gasteiger partial charge in [0, 0.05) is 30.2 Å². The second kappa shape index (κ2) is 6.58. The molecule has 0 atom stereocenters. The normalized spacial score (nSPS) is 12.0. The van der Waals surface area contributed by atoms with Gasteiger partial charge in [-0.15, -0.1) is 11.3 Å². The summed E-state index contributed by atoms with van der Waals surface area (Å²) < 4.78 is 2.04. The van der Waals surface area contributed by atoms with Gasteiger partial charge >= 0.3 is 0 Å². The molecule has 2 rings (SSSR count). The summed E-state index contributed by atoms with van der Waals surface area (Å²) in [4.78, 5) is 17.3. The second-order valence-corrected chi connectivity index (χ2v) is 6.31. The number of aliphatic hydroxyl groups is 1. The van der Waals surface area contributed by atoms with Gasteiger partial charge in [-0.2, -0.15) is 0 Å². The molecule has 2 heterocycles. The van der Waals surface area contributed by atoms with Gasteiger partial charge in [-0.05, 0) is 26.2 Å². The Hall–Kier alpha value is -1.40. The Morgan fingerprint density at radius 2 is 2.19 bits per heavy atom. The minimum Gasteiger partial charge on any atom is -0.388 e. The zero-order chi connectivity index (χ0) is 15.5. The first-order chi connectivity index (χ1) is 9.97. The molecule has 2 N–H and O–H groups in total. The standard InChI is InChI=1S/C15H23N3O2S/c1-4-15(20,5-2)10-16-13(19)7-6-12-9-21-14-17-11(3)8-18(12)14/h8-9,20H,4-7,10H2,1-3H3,(H,16,19). The van der Waals surface area contributed by atoms with Gasteiger partial charge in [0.25, 0.3) is 0 Å². The lowest BCUT2D eigenvalue weighted by Gasteiger charge is -2.25. The lowest BCUT2D eigenvalue weighted by molar-refractivity contribution is -0.122. The smallest absolute Gasteiger partial charge is 0.220 e. The first-order valence-electron chi connectivity index (χ1n) is 7.38. The van der Waals surface area contributed by atoms with Crippen LogP contribution >= 0.6 is 11.3 Å². The number of fused-ring (bicyclic) bond motifs is 1. The average molecular weight is 309 g/mol. The molecule has 1 amide bonds. The molecule has 0 radical (unpaired) electrons. The number of imidazole rings is 1. The second-order valence-electron chi connectivity index (χ2n) is 5.47. The summed E-state index contributed by atoms with van der Waals surface area (Å²) in [6.45, 7) is 6.15. The van der Waals surface area contributed by atoms with Crippen molar-refractivity contribution < 1.29 is 9.90 Å². The number of aryl methyl sites for hydroxylation is 2. The monoisotopic (exact) mass is 309 g/mol. The molecule has 0 unspecified atom stereocenters. The van der Waals surface area contributed by atoms with Crippen LogP contribution in [0.1, 0.15) is 44.5 Å². The quantitative estimate of drug-likeness (QED) is 0.825. The fourth-order valence-electron chi connectivity index (χ4n) is 2.21. The van der Waals surface area contributed by atoms with E-state index in [0.29, 0.717) is 32.2 Å². The van der Waals surface area contributed by atoms with E-state index in [0.717, 1.165) is 16.3 Å². The van der Waals surface area contributed by atoms with Crippen molar-refractivity contribution in [2.75, 3.05) is 6.54 Å². The minimum atomic E-state index is -0.785. The van der Waals surface area contributed by atoms with Gasteiger partial charge in [0.2, 0.25) is 5.91 Å². The molecule has 0 spiro atoms. The van der Waals surface area contributed by atoms with Crippen LogP contribution in [0.4, 0.5) is 0 Å². The van der Waals surface area contributed by atoms with Crippen molar-refractivity contribution in [3.63, 3.8) is 0 Å². The van der Waals surface area contributed by atoms with Crippen LogP contribution in [-0.2, 0) is 11.2 Å². The molecular weight excluding hydrogens is 286 g/mol. The SMILES string of the molecule is CCC(O)(CC)CNC(=O)CCc1csc2nc(C)cn12. The van der Waals surface area contributed by atoms with Gasteiger partial charge < -0.3 is 10.4 Å². The largest absolute Gasteiger partial charge is 0.388 e. The van der Waals surface area contributed by atoms with E-state index in [9.17, 15) is 9.90 Å². The Kier molecular flexibility index (Phi) is 5.00. The number of rotatable bonds is 7. The molecule has 0 aliphatic rings. The van der Waals surface area contributed by atoms with E-state index >= 15 is 0 Å². The summed E-state index contributed by atoms with van der Waals surface area (Å²) in [5.41, 5.74) is 1.31. The summed E-state index contributed by atoms with van der Waals surface area (Å²) in [6, 6.07) is 0. The molecule has 2 aromatic rings. The number of aromatic nitrogens is 2. The van der Waals surface area contributed by atoms with Crippen LogP contribution in [0.25, 0.3) is 4.96 Å². The molecule has 5 nitrogen and oxygen atoms in total. The first kappa shape index (κ1) is 16.0. The van der Waals surface area contributed by atoms with Crippen molar-refractivity contribution in [2.45, 2.75) is 52.1 Å². The lowest BCUT2D eigenvalue weighted by atomic mass is 9.97. The number of hydrogen-bond acceptors (Lipinski definition) is 4. The highest BCUT2D eigenvalue weighted by Gasteiger charge is 2.22. The molecule has 0 bridgehead atoms. The Morgan fingerprint density at radius 3 is 2.86 bits per heavy atom. The zero-order valence-electron chi connectivity index (χ0n) is 12.8. The third-order valence-corrected chi connectivity index (χ3v) is 4.83. The van der Waals surface area contributed by atoms with Gasteiger partial charge in [0.05, 0.1) is 11.3 Å². The fraction of sp³-hybridized carbons (Fsp3) is 0.600. The number of thiazole rings is 1. The van der Waals surface area contributed by atoms with Crippen molar-refractivity contribution in [2.24, 2.45) is 0 Å². The highest BCUT2D eigenvalue weighted by Crippen LogP contribution is 2.18. The zero-order valence-corrected chi connectivity index (χ0v) is 13.7. The molecule has 0 aromatic carbocycles. The van der Waals surface area contributed by atoms with Gasteiger partial charge in [-0.25, -0.2) is 4.98 Å². The Bertz CT molecular complexity index is 613. The lowest BCUT2D eigenvalue weighted by Crippen LogP contribution is -2.42. The molecule has 2 aromatic heterocycles. The summed E-state index contributed by atoms with van der Waals surface area (Å²) in [5, 5.41) is 15.0. The van der Waals surface area contributed by atoms with E-state index in [1.807, 2.05) is 36.7 Å². The van der Waals surface area contributed by atoms with Crippen molar-refractivity contribution in [3.8, 4) is 0 Å². The van der Waals surface area contributed by atoms with Crippen LogP contribution in [0.3, 0.4) is 0 Å². The predicted molar refractivity (Wildman–Crippen MR) is 84.7 cm³/mol. The van der Waals surface area contributed by atoms with Crippen LogP contribution < -0.4 is 5.32 Å². The highest BCUT2D eigenvalue weighted by molar-refractivity contribution is 7.15. The van der Waals surface area contributed by atoms with Crippen LogP contribution in [-0.4, -0.2) is 32.5 Å². The molecule has 21 heavy (non-hydrogen) atoms. The Balaban J connectivity index is 1.86. The number of hydrogen-bond donors (Lipinski definition) is 2. The highest BCUT2D eigenvalue weighted by atomic mass is 32.1. The third-order valence-electron chi connectivity index (χ3n) is 3.94. The van der Waals surface area contributed by atoms with Gasteiger partial charge in [0.15, 0.2) is 4.96 Å². The van der Waals surface area contributed by atoms with Crippen LogP contribution in [0.15, 0.2) is 11.6 Å². The van der Waals surface area contributed by atoms with Crippen molar-refractivity contribution >= 4 is 22.2 Å². The molecule has 0 saturated carbocycles. The number of carbonyl (C=O) groups excluding carboxylic acids is 1. The maximum atomic E-state index is 11.9. The summed E-state index contributed by atoms with van der Waals surface area (Å²) in [7, 11) is 0. The van der Waals surface area contributed by atoms with Crippen molar-refractivity contribution in [1.29, 1.82) is 0 Å². The molecule has 6 heteroatoms. The van der Waals surface area contributed by atoms with Crippen LogP contribution in [0.5, 0.6) is 0 Å². The number of carbonyl (C=O) groups is 1. The topological polar surface area (TPSA) is 66.6 Å². The van der Waals surface area contributed by atoms with E-state index in [1.165, 1.54) is 0 Å².